The molecule has 4 saturated carbocycles. The third-order valence-corrected chi connectivity index (χ3v) is 5.35. The van der Waals surface area contributed by atoms with Gasteiger partial charge >= 0.3 is 0 Å². The van der Waals surface area contributed by atoms with Crippen molar-refractivity contribution in [1.29, 1.82) is 0 Å². The Morgan fingerprint density at radius 2 is 1.50 bits per heavy atom. The molecule has 2 unspecified atom stereocenters. The van der Waals surface area contributed by atoms with Crippen LogP contribution in [0.2, 0.25) is 0 Å². The summed E-state index contributed by atoms with van der Waals surface area (Å²) in [5.74, 6) is 0. The van der Waals surface area contributed by atoms with Gasteiger partial charge < -0.3 is 10.8 Å². The van der Waals surface area contributed by atoms with Crippen LogP contribution in [0.3, 0.4) is 0 Å². The van der Waals surface area contributed by atoms with Gasteiger partial charge in [-0.15, -0.1) is 0 Å². The fraction of sp³-hybridized carbons (Fsp3) is 1.00. The van der Waals surface area contributed by atoms with E-state index in [0.717, 1.165) is 32.2 Å². The van der Waals surface area contributed by atoms with E-state index < -0.39 is 0 Å². The lowest BCUT2D eigenvalue weighted by Crippen LogP contribution is -2.62. The van der Waals surface area contributed by atoms with E-state index in [-0.39, 0.29) is 5.60 Å². The van der Waals surface area contributed by atoms with E-state index in [9.17, 15) is 5.11 Å². The molecule has 0 saturated heterocycles. The molecule has 4 bridgehead atoms. The average Bonchev–Trinajstić information content (AvgIpc) is 1.91. The molecule has 4 aliphatic carbocycles. The molecule has 0 amide bonds. The second-order valence-electron chi connectivity index (χ2n) is 7.94. The summed E-state index contributed by atoms with van der Waals surface area (Å²) in [6, 6.07) is 0. The minimum absolute atomic E-state index is 0.363. The molecule has 0 spiro atoms. The monoisotopic (exact) mass is 223 g/mol. The fourth-order valence-electron chi connectivity index (χ4n) is 6.45. The molecule has 92 valence electrons. The first-order chi connectivity index (χ1) is 7.30. The number of rotatable bonds is 2. The van der Waals surface area contributed by atoms with Crippen LogP contribution >= 0.6 is 0 Å². The van der Waals surface area contributed by atoms with Crippen LogP contribution in [0.1, 0.15) is 58.8 Å². The molecule has 0 radical (unpaired) electrons. The molecule has 0 aromatic heterocycles. The van der Waals surface area contributed by atoms with Crippen molar-refractivity contribution in [2.45, 2.75) is 64.4 Å². The maximum atomic E-state index is 10.8. The van der Waals surface area contributed by atoms with Gasteiger partial charge in [-0.2, -0.15) is 0 Å². The first kappa shape index (κ1) is 11.0. The van der Waals surface area contributed by atoms with Crippen molar-refractivity contribution in [2.24, 2.45) is 22.0 Å². The Morgan fingerprint density at radius 1 is 0.938 bits per heavy atom. The summed E-state index contributed by atoms with van der Waals surface area (Å²) in [5.41, 5.74) is 6.56. The molecule has 0 aliphatic heterocycles. The van der Waals surface area contributed by atoms with E-state index in [0.29, 0.717) is 16.2 Å². The Hall–Kier alpha value is -0.0800. The van der Waals surface area contributed by atoms with Gasteiger partial charge in [0.25, 0.3) is 0 Å². The Morgan fingerprint density at radius 3 is 1.94 bits per heavy atom. The SMILES string of the molecule is CC12CC3(C)CC(O)(C1)CC(CCN)(C2)C3. The van der Waals surface area contributed by atoms with Crippen LogP contribution in [-0.2, 0) is 0 Å². The lowest BCUT2D eigenvalue weighted by atomic mass is 9.38. The Kier molecular flexibility index (Phi) is 1.96. The molecular formula is C14H25NO. The van der Waals surface area contributed by atoms with E-state index in [4.69, 9.17) is 5.73 Å². The van der Waals surface area contributed by atoms with Gasteiger partial charge in [0.15, 0.2) is 0 Å². The molecule has 0 heterocycles. The number of aliphatic hydroxyl groups is 1. The molecule has 2 nitrogen and oxygen atoms in total. The minimum Gasteiger partial charge on any atom is -0.390 e. The minimum atomic E-state index is -0.368. The molecule has 4 fully saturated rings. The average molecular weight is 223 g/mol. The summed E-state index contributed by atoms with van der Waals surface area (Å²) in [7, 11) is 0. The summed E-state index contributed by atoms with van der Waals surface area (Å²) < 4.78 is 0. The fourth-order valence-corrected chi connectivity index (χ4v) is 6.45. The molecule has 2 heteroatoms. The van der Waals surface area contributed by atoms with Crippen LogP contribution in [0.25, 0.3) is 0 Å². The van der Waals surface area contributed by atoms with Gasteiger partial charge in [-0.05, 0) is 67.7 Å². The van der Waals surface area contributed by atoms with Gasteiger partial charge in [0, 0.05) is 0 Å². The van der Waals surface area contributed by atoms with E-state index in [1.807, 2.05) is 0 Å². The standard InChI is InChI=1S/C14H25NO/c1-11-5-12(2)7-13(6-11,3-4-15)10-14(16,8-11)9-12/h16H,3-10,15H2,1-2H3. The predicted molar refractivity (Wildman–Crippen MR) is 65.0 cm³/mol. The lowest BCUT2D eigenvalue weighted by molar-refractivity contribution is -0.225. The zero-order chi connectivity index (χ0) is 11.7. The highest BCUT2D eigenvalue weighted by Gasteiger charge is 2.64. The van der Waals surface area contributed by atoms with Crippen molar-refractivity contribution in [3.63, 3.8) is 0 Å². The second kappa shape index (κ2) is 2.84. The largest absolute Gasteiger partial charge is 0.390 e. The van der Waals surface area contributed by atoms with Crippen LogP contribution in [0.15, 0.2) is 0 Å². The van der Waals surface area contributed by atoms with Crippen LogP contribution in [-0.4, -0.2) is 17.3 Å². The second-order valence-corrected chi connectivity index (χ2v) is 7.94. The first-order valence-corrected chi connectivity index (χ1v) is 6.73. The van der Waals surface area contributed by atoms with Crippen molar-refractivity contribution in [2.75, 3.05) is 6.54 Å². The highest BCUT2D eigenvalue weighted by molar-refractivity contribution is 5.15. The smallest absolute Gasteiger partial charge is 0.0663 e. The molecule has 2 atom stereocenters. The van der Waals surface area contributed by atoms with Crippen LogP contribution in [0.4, 0.5) is 0 Å². The van der Waals surface area contributed by atoms with Gasteiger partial charge in [0.1, 0.15) is 0 Å². The van der Waals surface area contributed by atoms with E-state index in [1.165, 1.54) is 19.3 Å². The lowest BCUT2D eigenvalue weighted by Gasteiger charge is -2.68. The van der Waals surface area contributed by atoms with E-state index in [1.54, 1.807) is 0 Å². The zero-order valence-corrected chi connectivity index (χ0v) is 10.7. The van der Waals surface area contributed by atoms with Gasteiger partial charge in [-0.1, -0.05) is 13.8 Å². The van der Waals surface area contributed by atoms with Crippen molar-refractivity contribution >= 4 is 0 Å². The van der Waals surface area contributed by atoms with Crippen molar-refractivity contribution in [3.05, 3.63) is 0 Å². The summed E-state index contributed by atoms with van der Waals surface area (Å²) in [4.78, 5) is 0. The Balaban J connectivity index is 2.00. The molecule has 4 aliphatic rings. The van der Waals surface area contributed by atoms with E-state index in [2.05, 4.69) is 13.8 Å². The van der Waals surface area contributed by atoms with Gasteiger partial charge in [0.05, 0.1) is 5.60 Å². The number of hydrogen-bond donors (Lipinski definition) is 2. The number of hydrogen-bond acceptors (Lipinski definition) is 2. The summed E-state index contributed by atoms with van der Waals surface area (Å²) >= 11 is 0. The predicted octanol–water partition coefficient (Wildman–Crippen LogP) is 2.45. The van der Waals surface area contributed by atoms with E-state index >= 15 is 0 Å². The molecule has 0 aromatic carbocycles. The van der Waals surface area contributed by atoms with Gasteiger partial charge in [-0.25, -0.2) is 0 Å². The van der Waals surface area contributed by atoms with Crippen molar-refractivity contribution in [1.82, 2.24) is 0 Å². The molecule has 16 heavy (non-hydrogen) atoms. The van der Waals surface area contributed by atoms with Crippen molar-refractivity contribution < 1.29 is 5.11 Å². The van der Waals surface area contributed by atoms with Crippen LogP contribution < -0.4 is 5.73 Å². The van der Waals surface area contributed by atoms with Crippen molar-refractivity contribution in [3.8, 4) is 0 Å². The van der Waals surface area contributed by atoms with Gasteiger partial charge in [0.2, 0.25) is 0 Å². The molecule has 0 aromatic rings. The summed E-state index contributed by atoms with van der Waals surface area (Å²) in [5, 5.41) is 10.8. The maximum Gasteiger partial charge on any atom is 0.0663 e. The first-order valence-electron chi connectivity index (χ1n) is 6.73. The maximum absolute atomic E-state index is 10.8. The Bertz CT molecular complexity index is 271. The quantitative estimate of drug-likeness (QED) is 0.755. The summed E-state index contributed by atoms with van der Waals surface area (Å²) in [6.07, 6.45) is 8.10. The Labute approximate surface area is 98.6 Å². The topological polar surface area (TPSA) is 46.2 Å². The third kappa shape index (κ3) is 1.46. The molecular weight excluding hydrogens is 198 g/mol. The number of nitrogens with two attached hydrogens (primary N) is 1. The molecule has 4 rings (SSSR count). The van der Waals surface area contributed by atoms with Crippen LogP contribution in [0.5, 0.6) is 0 Å². The molecule has 3 N–H and O–H groups in total. The summed E-state index contributed by atoms with van der Waals surface area (Å²) in [6.45, 7) is 5.56. The normalized spacial score (nSPS) is 59.2. The highest BCUT2D eigenvalue weighted by atomic mass is 16.3. The van der Waals surface area contributed by atoms with Gasteiger partial charge in [-0.3, -0.25) is 0 Å². The highest BCUT2D eigenvalue weighted by Crippen LogP contribution is 2.71. The van der Waals surface area contributed by atoms with Crippen LogP contribution in [0, 0.1) is 16.2 Å². The third-order valence-electron chi connectivity index (χ3n) is 5.35. The zero-order valence-electron chi connectivity index (χ0n) is 10.7.